The summed E-state index contributed by atoms with van der Waals surface area (Å²) in [7, 11) is 0. The van der Waals surface area contributed by atoms with Crippen LogP contribution in [-0.2, 0) is 0 Å². The van der Waals surface area contributed by atoms with Gasteiger partial charge in [-0.2, -0.15) is 0 Å². The van der Waals surface area contributed by atoms with Gasteiger partial charge in [-0.1, -0.05) is 75.6 Å². The molecule has 1 heteroatoms. The predicted molar refractivity (Wildman–Crippen MR) is 79.4 cm³/mol. The van der Waals surface area contributed by atoms with Crippen LogP contribution in [-0.4, -0.2) is 0 Å². The SMILES string of the molecule is C=C(CCCCCCCC)Sc1ccccc1. The fraction of sp³-hybridized carbons (Fsp3) is 0.500. The summed E-state index contributed by atoms with van der Waals surface area (Å²) in [5.74, 6) is 0. The molecule has 0 N–H and O–H groups in total. The fourth-order valence-electron chi connectivity index (χ4n) is 1.81. The third-order valence-corrected chi connectivity index (χ3v) is 3.82. The van der Waals surface area contributed by atoms with Crippen LogP contribution in [0, 0.1) is 0 Å². The summed E-state index contributed by atoms with van der Waals surface area (Å²) >= 11 is 1.82. The standard InChI is InChI=1S/C16H24S/c1-3-4-5-6-7-9-12-15(2)17-16-13-10-8-11-14-16/h8,10-11,13-14H,2-7,9,12H2,1H3. The van der Waals surface area contributed by atoms with E-state index in [4.69, 9.17) is 0 Å². The van der Waals surface area contributed by atoms with Gasteiger partial charge in [0.1, 0.15) is 0 Å². The first kappa shape index (κ1) is 14.4. The molecule has 0 radical (unpaired) electrons. The third kappa shape index (κ3) is 7.27. The lowest BCUT2D eigenvalue weighted by Gasteiger charge is -2.05. The molecule has 1 aromatic carbocycles. The molecule has 0 aliphatic heterocycles. The second-order valence-electron chi connectivity index (χ2n) is 4.47. The van der Waals surface area contributed by atoms with Crippen molar-refractivity contribution in [3.8, 4) is 0 Å². The highest BCUT2D eigenvalue weighted by molar-refractivity contribution is 8.03. The van der Waals surface area contributed by atoms with E-state index in [0.717, 1.165) is 6.42 Å². The molecule has 0 aliphatic carbocycles. The molecule has 0 spiro atoms. The van der Waals surface area contributed by atoms with E-state index in [2.05, 4.69) is 43.8 Å². The maximum Gasteiger partial charge on any atom is 0.0118 e. The highest BCUT2D eigenvalue weighted by Gasteiger charge is 1.98. The van der Waals surface area contributed by atoms with Crippen molar-refractivity contribution in [1.29, 1.82) is 0 Å². The number of rotatable bonds is 9. The Hall–Kier alpha value is -0.690. The summed E-state index contributed by atoms with van der Waals surface area (Å²) < 4.78 is 0. The van der Waals surface area contributed by atoms with E-state index < -0.39 is 0 Å². The highest BCUT2D eigenvalue weighted by Crippen LogP contribution is 2.28. The molecule has 0 atom stereocenters. The molecule has 0 saturated heterocycles. The van der Waals surface area contributed by atoms with E-state index in [1.165, 1.54) is 48.3 Å². The summed E-state index contributed by atoms with van der Waals surface area (Å²) in [5.41, 5.74) is 0. The van der Waals surface area contributed by atoms with Gasteiger partial charge in [-0.3, -0.25) is 0 Å². The molecule has 94 valence electrons. The van der Waals surface area contributed by atoms with Crippen LogP contribution in [0.2, 0.25) is 0 Å². The van der Waals surface area contributed by atoms with E-state index >= 15 is 0 Å². The Morgan fingerprint density at radius 2 is 1.65 bits per heavy atom. The van der Waals surface area contributed by atoms with Crippen LogP contribution in [0.25, 0.3) is 0 Å². The maximum absolute atomic E-state index is 4.15. The molecule has 0 heterocycles. The lowest BCUT2D eigenvalue weighted by Crippen LogP contribution is -1.81. The topological polar surface area (TPSA) is 0 Å². The number of allylic oxidation sites excluding steroid dienone is 1. The monoisotopic (exact) mass is 248 g/mol. The quantitative estimate of drug-likeness (QED) is 0.379. The first-order valence-corrected chi connectivity index (χ1v) is 7.55. The van der Waals surface area contributed by atoms with Gasteiger partial charge in [0.2, 0.25) is 0 Å². The van der Waals surface area contributed by atoms with Crippen molar-refractivity contribution in [3.05, 3.63) is 41.8 Å². The van der Waals surface area contributed by atoms with Crippen molar-refractivity contribution in [2.75, 3.05) is 0 Å². The Morgan fingerprint density at radius 3 is 2.35 bits per heavy atom. The molecule has 0 fully saturated rings. The minimum atomic E-state index is 1.16. The third-order valence-electron chi connectivity index (χ3n) is 2.81. The normalized spacial score (nSPS) is 10.4. The number of hydrogen-bond donors (Lipinski definition) is 0. The first-order chi connectivity index (χ1) is 8.33. The molecular formula is C16H24S. The van der Waals surface area contributed by atoms with Crippen LogP contribution < -0.4 is 0 Å². The van der Waals surface area contributed by atoms with Crippen molar-refractivity contribution in [1.82, 2.24) is 0 Å². The van der Waals surface area contributed by atoms with Gasteiger partial charge in [0.05, 0.1) is 0 Å². The van der Waals surface area contributed by atoms with Crippen molar-refractivity contribution < 1.29 is 0 Å². The molecule has 0 bridgehead atoms. The minimum Gasteiger partial charge on any atom is -0.0952 e. The molecule has 0 unspecified atom stereocenters. The summed E-state index contributed by atoms with van der Waals surface area (Å²) in [5, 5.41) is 0. The fourth-order valence-corrected chi connectivity index (χ4v) is 2.68. The average molecular weight is 248 g/mol. The summed E-state index contributed by atoms with van der Waals surface area (Å²) in [6.45, 7) is 6.41. The van der Waals surface area contributed by atoms with Crippen LogP contribution in [0.3, 0.4) is 0 Å². The van der Waals surface area contributed by atoms with Gasteiger partial charge in [0.25, 0.3) is 0 Å². The zero-order valence-electron chi connectivity index (χ0n) is 11.0. The zero-order chi connectivity index (χ0) is 12.3. The first-order valence-electron chi connectivity index (χ1n) is 6.73. The molecular weight excluding hydrogens is 224 g/mol. The van der Waals surface area contributed by atoms with Gasteiger partial charge in [-0.15, -0.1) is 0 Å². The maximum atomic E-state index is 4.15. The molecule has 17 heavy (non-hydrogen) atoms. The van der Waals surface area contributed by atoms with Gasteiger partial charge < -0.3 is 0 Å². The Kier molecular flexibility index (Phi) is 7.91. The number of thioether (sulfide) groups is 1. The van der Waals surface area contributed by atoms with E-state index in [1.54, 1.807) is 0 Å². The molecule has 0 saturated carbocycles. The molecule has 0 aromatic heterocycles. The highest BCUT2D eigenvalue weighted by atomic mass is 32.2. The van der Waals surface area contributed by atoms with Gasteiger partial charge in [0.15, 0.2) is 0 Å². The Bertz CT molecular complexity index is 303. The molecule has 0 amide bonds. The van der Waals surface area contributed by atoms with Gasteiger partial charge in [-0.25, -0.2) is 0 Å². The summed E-state index contributed by atoms with van der Waals surface area (Å²) in [6, 6.07) is 10.5. The average Bonchev–Trinajstić information content (AvgIpc) is 2.35. The second kappa shape index (κ2) is 9.35. The zero-order valence-corrected chi connectivity index (χ0v) is 11.8. The van der Waals surface area contributed by atoms with Gasteiger partial charge >= 0.3 is 0 Å². The van der Waals surface area contributed by atoms with Crippen LogP contribution >= 0.6 is 11.8 Å². The van der Waals surface area contributed by atoms with Gasteiger partial charge in [-0.05, 0) is 29.9 Å². The Morgan fingerprint density at radius 1 is 1.00 bits per heavy atom. The Balaban J connectivity index is 2.06. The summed E-state index contributed by atoms with van der Waals surface area (Å²) in [4.78, 5) is 2.61. The smallest absolute Gasteiger partial charge is 0.0118 e. The minimum absolute atomic E-state index is 1.16. The van der Waals surface area contributed by atoms with Crippen LogP contribution in [0.4, 0.5) is 0 Å². The van der Waals surface area contributed by atoms with Crippen LogP contribution in [0.5, 0.6) is 0 Å². The molecule has 1 rings (SSSR count). The predicted octanol–water partition coefficient (Wildman–Crippen LogP) is 6.04. The Labute approximate surface area is 111 Å². The number of benzene rings is 1. The van der Waals surface area contributed by atoms with E-state index in [-0.39, 0.29) is 0 Å². The van der Waals surface area contributed by atoms with E-state index in [1.807, 2.05) is 11.8 Å². The van der Waals surface area contributed by atoms with Crippen molar-refractivity contribution in [2.45, 2.75) is 56.8 Å². The number of hydrogen-bond acceptors (Lipinski definition) is 1. The van der Waals surface area contributed by atoms with Crippen LogP contribution in [0.15, 0.2) is 46.7 Å². The van der Waals surface area contributed by atoms with Crippen molar-refractivity contribution >= 4 is 11.8 Å². The lowest BCUT2D eigenvalue weighted by atomic mass is 10.1. The largest absolute Gasteiger partial charge is 0.0952 e. The molecule has 0 nitrogen and oxygen atoms in total. The molecule has 1 aromatic rings. The summed E-state index contributed by atoms with van der Waals surface area (Å²) in [6.07, 6.45) is 9.31. The van der Waals surface area contributed by atoms with Crippen molar-refractivity contribution in [3.63, 3.8) is 0 Å². The van der Waals surface area contributed by atoms with Gasteiger partial charge in [0, 0.05) is 4.90 Å². The van der Waals surface area contributed by atoms with Crippen LogP contribution in [0.1, 0.15) is 51.9 Å². The van der Waals surface area contributed by atoms with E-state index in [9.17, 15) is 0 Å². The van der Waals surface area contributed by atoms with E-state index in [0.29, 0.717) is 0 Å². The second-order valence-corrected chi connectivity index (χ2v) is 5.72. The molecule has 0 aliphatic rings. The number of unbranched alkanes of at least 4 members (excludes halogenated alkanes) is 5. The van der Waals surface area contributed by atoms with Crippen molar-refractivity contribution in [2.24, 2.45) is 0 Å². The lowest BCUT2D eigenvalue weighted by molar-refractivity contribution is 0.610.